The second-order valence-electron chi connectivity index (χ2n) is 4.12. The van der Waals surface area contributed by atoms with E-state index in [9.17, 15) is 10.1 Å². The van der Waals surface area contributed by atoms with Crippen LogP contribution in [0.4, 0.5) is 11.4 Å². The van der Waals surface area contributed by atoms with Crippen LogP contribution in [0.3, 0.4) is 0 Å². The predicted octanol–water partition coefficient (Wildman–Crippen LogP) is 3.23. The van der Waals surface area contributed by atoms with Crippen LogP contribution in [0.1, 0.15) is 5.56 Å². The molecule has 4 nitrogen and oxygen atoms in total. The molecule has 0 atom stereocenters. The minimum atomic E-state index is -0.388. The summed E-state index contributed by atoms with van der Waals surface area (Å²) in [6, 6.07) is 16.7. The Balaban J connectivity index is 2.09. The average molecular weight is 242 g/mol. The molecule has 92 valence electrons. The van der Waals surface area contributed by atoms with E-state index in [1.807, 2.05) is 25.2 Å². The first kappa shape index (κ1) is 12.1. The summed E-state index contributed by atoms with van der Waals surface area (Å²) in [7, 11) is 1.97. The van der Waals surface area contributed by atoms with Crippen molar-refractivity contribution < 1.29 is 4.92 Å². The van der Waals surface area contributed by atoms with Crippen LogP contribution < -0.4 is 4.90 Å². The zero-order valence-electron chi connectivity index (χ0n) is 10.1. The lowest BCUT2D eigenvalue weighted by Crippen LogP contribution is -2.16. The van der Waals surface area contributed by atoms with Gasteiger partial charge in [0.1, 0.15) is 0 Å². The summed E-state index contributed by atoms with van der Waals surface area (Å²) in [4.78, 5) is 12.2. The van der Waals surface area contributed by atoms with Gasteiger partial charge in [0.15, 0.2) is 0 Å². The number of rotatable bonds is 4. The van der Waals surface area contributed by atoms with Crippen molar-refractivity contribution >= 4 is 11.4 Å². The molecule has 0 spiro atoms. The summed E-state index contributed by atoms with van der Waals surface area (Å²) in [6.45, 7) is 0.776. The first-order valence-corrected chi connectivity index (χ1v) is 5.66. The van der Waals surface area contributed by atoms with E-state index in [1.165, 1.54) is 17.7 Å². The number of hydrogen-bond donors (Lipinski definition) is 0. The number of non-ortho nitro benzene ring substituents is 1. The summed E-state index contributed by atoms with van der Waals surface area (Å²) in [5.74, 6) is 0. The molecule has 2 aromatic carbocycles. The van der Waals surface area contributed by atoms with Gasteiger partial charge in [-0.1, -0.05) is 30.3 Å². The van der Waals surface area contributed by atoms with E-state index >= 15 is 0 Å². The predicted molar refractivity (Wildman–Crippen MR) is 71.6 cm³/mol. The third-order valence-electron chi connectivity index (χ3n) is 2.76. The van der Waals surface area contributed by atoms with Gasteiger partial charge in [-0.3, -0.25) is 10.1 Å². The van der Waals surface area contributed by atoms with Gasteiger partial charge in [-0.2, -0.15) is 0 Å². The lowest BCUT2D eigenvalue weighted by molar-refractivity contribution is -0.384. The molecule has 4 heteroatoms. The summed E-state index contributed by atoms with van der Waals surface area (Å²) in [5, 5.41) is 10.6. The number of nitrogens with zero attached hydrogens (tertiary/aromatic N) is 2. The third kappa shape index (κ3) is 2.85. The van der Waals surface area contributed by atoms with Crippen LogP contribution in [0.25, 0.3) is 0 Å². The topological polar surface area (TPSA) is 46.4 Å². The quantitative estimate of drug-likeness (QED) is 0.610. The zero-order chi connectivity index (χ0) is 13.0. The van der Waals surface area contributed by atoms with Gasteiger partial charge in [-0.05, 0) is 17.7 Å². The molecule has 0 aliphatic carbocycles. The largest absolute Gasteiger partial charge is 0.370 e. The van der Waals surface area contributed by atoms with Crippen molar-refractivity contribution in [2.45, 2.75) is 6.54 Å². The Hall–Kier alpha value is -2.36. The second kappa shape index (κ2) is 5.31. The SMILES string of the molecule is CN(Cc1ccccc1)c1ccc([N+](=O)[O-])cc1. The lowest BCUT2D eigenvalue weighted by atomic mass is 10.2. The van der Waals surface area contributed by atoms with Crippen LogP contribution in [0, 0.1) is 10.1 Å². The molecule has 0 heterocycles. The minimum absolute atomic E-state index is 0.117. The highest BCUT2D eigenvalue weighted by Crippen LogP contribution is 2.19. The van der Waals surface area contributed by atoms with Crippen LogP contribution in [-0.2, 0) is 6.54 Å². The molecule has 2 aromatic rings. The van der Waals surface area contributed by atoms with Gasteiger partial charge < -0.3 is 4.90 Å². The van der Waals surface area contributed by atoms with Gasteiger partial charge in [0.2, 0.25) is 0 Å². The molecule has 0 N–H and O–H groups in total. The van der Waals surface area contributed by atoms with Crippen LogP contribution >= 0.6 is 0 Å². The third-order valence-corrected chi connectivity index (χ3v) is 2.76. The van der Waals surface area contributed by atoms with Gasteiger partial charge in [-0.15, -0.1) is 0 Å². The monoisotopic (exact) mass is 242 g/mol. The van der Waals surface area contributed by atoms with E-state index in [-0.39, 0.29) is 10.6 Å². The summed E-state index contributed by atoms with van der Waals surface area (Å²) in [5.41, 5.74) is 2.29. The fraction of sp³-hybridized carbons (Fsp3) is 0.143. The smallest absolute Gasteiger partial charge is 0.269 e. The van der Waals surface area contributed by atoms with Crippen molar-refractivity contribution in [1.29, 1.82) is 0 Å². The van der Waals surface area contributed by atoms with Gasteiger partial charge in [-0.25, -0.2) is 0 Å². The van der Waals surface area contributed by atoms with Crippen molar-refractivity contribution in [2.75, 3.05) is 11.9 Å². The molecule has 2 rings (SSSR count). The average Bonchev–Trinajstić information content (AvgIpc) is 2.40. The van der Waals surface area contributed by atoms with Crippen LogP contribution in [0.15, 0.2) is 54.6 Å². The number of benzene rings is 2. The van der Waals surface area contributed by atoms with E-state index in [1.54, 1.807) is 12.1 Å². The maximum atomic E-state index is 10.6. The Kier molecular flexibility index (Phi) is 3.57. The molecule has 18 heavy (non-hydrogen) atoms. The molecular formula is C14H14N2O2. The van der Waals surface area contributed by atoms with Crippen molar-refractivity contribution in [3.05, 3.63) is 70.3 Å². The maximum Gasteiger partial charge on any atom is 0.269 e. The highest BCUT2D eigenvalue weighted by molar-refractivity contribution is 5.50. The van der Waals surface area contributed by atoms with E-state index in [4.69, 9.17) is 0 Å². The van der Waals surface area contributed by atoms with E-state index in [0.29, 0.717) is 0 Å². The molecule has 0 radical (unpaired) electrons. The van der Waals surface area contributed by atoms with Crippen molar-refractivity contribution in [2.24, 2.45) is 0 Å². The number of hydrogen-bond acceptors (Lipinski definition) is 3. The lowest BCUT2D eigenvalue weighted by Gasteiger charge is -2.19. The van der Waals surface area contributed by atoms with Crippen LogP contribution in [-0.4, -0.2) is 12.0 Å². The van der Waals surface area contributed by atoms with Crippen molar-refractivity contribution in [1.82, 2.24) is 0 Å². The number of anilines is 1. The fourth-order valence-electron chi connectivity index (χ4n) is 1.78. The minimum Gasteiger partial charge on any atom is -0.370 e. The van der Waals surface area contributed by atoms with E-state index < -0.39 is 0 Å². The summed E-state index contributed by atoms with van der Waals surface area (Å²) < 4.78 is 0. The molecule has 0 aliphatic heterocycles. The first-order valence-electron chi connectivity index (χ1n) is 5.66. The number of nitro groups is 1. The Morgan fingerprint density at radius 2 is 1.67 bits per heavy atom. The van der Waals surface area contributed by atoms with E-state index in [2.05, 4.69) is 17.0 Å². The van der Waals surface area contributed by atoms with E-state index in [0.717, 1.165) is 12.2 Å². The molecule has 0 amide bonds. The molecule has 0 fully saturated rings. The standard InChI is InChI=1S/C14H14N2O2/c1-15(11-12-5-3-2-4-6-12)13-7-9-14(10-8-13)16(17)18/h2-10H,11H2,1H3. The summed E-state index contributed by atoms with van der Waals surface area (Å²) >= 11 is 0. The molecule has 0 aromatic heterocycles. The highest BCUT2D eigenvalue weighted by atomic mass is 16.6. The normalized spacial score (nSPS) is 10.1. The first-order chi connectivity index (χ1) is 8.66. The fourth-order valence-corrected chi connectivity index (χ4v) is 1.78. The van der Waals surface area contributed by atoms with Crippen molar-refractivity contribution in [3.8, 4) is 0 Å². The van der Waals surface area contributed by atoms with Crippen LogP contribution in [0.5, 0.6) is 0 Å². The Morgan fingerprint density at radius 1 is 1.06 bits per heavy atom. The van der Waals surface area contributed by atoms with Gasteiger partial charge in [0.05, 0.1) is 4.92 Å². The molecule has 0 saturated carbocycles. The second-order valence-corrected chi connectivity index (χ2v) is 4.12. The molecule has 0 aliphatic rings. The van der Waals surface area contributed by atoms with Gasteiger partial charge in [0.25, 0.3) is 5.69 Å². The molecule has 0 saturated heterocycles. The maximum absolute atomic E-state index is 10.6. The van der Waals surface area contributed by atoms with Crippen LogP contribution in [0.2, 0.25) is 0 Å². The zero-order valence-corrected chi connectivity index (χ0v) is 10.1. The van der Waals surface area contributed by atoms with Crippen molar-refractivity contribution in [3.63, 3.8) is 0 Å². The van der Waals surface area contributed by atoms with Gasteiger partial charge >= 0.3 is 0 Å². The number of nitro benzene ring substituents is 1. The Morgan fingerprint density at radius 3 is 2.22 bits per heavy atom. The Bertz CT molecular complexity index is 523. The molecule has 0 unspecified atom stereocenters. The summed E-state index contributed by atoms with van der Waals surface area (Å²) in [6.07, 6.45) is 0. The Labute approximate surface area is 106 Å². The molecule has 0 bridgehead atoms. The van der Waals surface area contributed by atoms with Gasteiger partial charge in [0, 0.05) is 31.4 Å². The molecular weight excluding hydrogens is 228 g/mol. The highest BCUT2D eigenvalue weighted by Gasteiger charge is 2.06.